The van der Waals surface area contributed by atoms with Crippen LogP contribution in [0.1, 0.15) is 23.9 Å². The van der Waals surface area contributed by atoms with E-state index in [1.165, 1.54) is 10.6 Å². The SMILES string of the molecule is CCc1nn(C)c(Cn2cccc(/C(N)=N/O)c2=O)c1Cl. The monoisotopic (exact) mass is 309 g/mol. The highest BCUT2D eigenvalue weighted by Crippen LogP contribution is 2.21. The van der Waals surface area contributed by atoms with Gasteiger partial charge in [0.15, 0.2) is 5.84 Å². The first-order chi connectivity index (χ1) is 9.99. The molecule has 0 saturated heterocycles. The van der Waals surface area contributed by atoms with E-state index in [1.807, 2.05) is 6.92 Å². The van der Waals surface area contributed by atoms with Crippen LogP contribution in [0.4, 0.5) is 0 Å². The van der Waals surface area contributed by atoms with E-state index in [4.69, 9.17) is 22.5 Å². The summed E-state index contributed by atoms with van der Waals surface area (Å²) in [5, 5.41) is 16.4. The van der Waals surface area contributed by atoms with E-state index >= 15 is 0 Å². The second-order valence-corrected chi connectivity index (χ2v) is 4.90. The molecule has 2 aromatic rings. The summed E-state index contributed by atoms with van der Waals surface area (Å²) in [6.07, 6.45) is 2.33. The van der Waals surface area contributed by atoms with Crippen LogP contribution in [0.2, 0.25) is 5.02 Å². The number of aromatic nitrogens is 3. The van der Waals surface area contributed by atoms with Crippen molar-refractivity contribution in [3.8, 4) is 0 Å². The van der Waals surface area contributed by atoms with E-state index in [0.29, 0.717) is 11.4 Å². The van der Waals surface area contributed by atoms with Gasteiger partial charge in [-0.2, -0.15) is 5.10 Å². The molecule has 7 nitrogen and oxygen atoms in total. The fourth-order valence-corrected chi connectivity index (χ4v) is 2.42. The van der Waals surface area contributed by atoms with Crippen LogP contribution in [0.15, 0.2) is 28.3 Å². The highest BCUT2D eigenvalue weighted by Gasteiger charge is 2.15. The summed E-state index contributed by atoms with van der Waals surface area (Å²) in [5.74, 6) is -0.222. The lowest BCUT2D eigenvalue weighted by atomic mass is 10.2. The van der Waals surface area contributed by atoms with Gasteiger partial charge in [-0.25, -0.2) is 0 Å². The minimum atomic E-state index is -0.358. The average molecular weight is 310 g/mol. The summed E-state index contributed by atoms with van der Waals surface area (Å²) in [7, 11) is 1.78. The predicted molar refractivity (Wildman–Crippen MR) is 79.9 cm³/mol. The first-order valence-corrected chi connectivity index (χ1v) is 6.75. The predicted octanol–water partition coefficient (Wildman–Crippen LogP) is 0.940. The van der Waals surface area contributed by atoms with Crippen molar-refractivity contribution in [3.63, 3.8) is 0 Å². The molecule has 21 heavy (non-hydrogen) atoms. The molecule has 0 radical (unpaired) electrons. The summed E-state index contributed by atoms with van der Waals surface area (Å²) >= 11 is 6.27. The summed E-state index contributed by atoms with van der Waals surface area (Å²) < 4.78 is 3.10. The Hall–Kier alpha value is -2.28. The van der Waals surface area contributed by atoms with Crippen molar-refractivity contribution in [1.29, 1.82) is 0 Å². The van der Waals surface area contributed by atoms with Crippen LogP contribution in [0.5, 0.6) is 0 Å². The van der Waals surface area contributed by atoms with Crippen molar-refractivity contribution in [1.82, 2.24) is 14.3 Å². The molecule has 3 N–H and O–H groups in total. The maximum atomic E-state index is 12.3. The Kier molecular flexibility index (Phi) is 4.32. The molecule has 0 atom stereocenters. The normalized spacial score (nSPS) is 11.9. The van der Waals surface area contributed by atoms with Gasteiger partial charge in [-0.3, -0.25) is 9.48 Å². The summed E-state index contributed by atoms with van der Waals surface area (Å²) in [4.78, 5) is 12.3. The Morgan fingerprint density at radius 3 is 2.86 bits per heavy atom. The van der Waals surface area contributed by atoms with Crippen molar-refractivity contribution in [3.05, 3.63) is 50.7 Å². The first-order valence-electron chi connectivity index (χ1n) is 6.37. The Labute approximate surface area is 126 Å². The molecule has 0 amide bonds. The fourth-order valence-electron chi connectivity index (χ4n) is 2.06. The number of amidine groups is 1. The summed E-state index contributed by atoms with van der Waals surface area (Å²) in [6, 6.07) is 3.15. The van der Waals surface area contributed by atoms with Crippen molar-refractivity contribution in [2.45, 2.75) is 19.9 Å². The van der Waals surface area contributed by atoms with Crippen LogP contribution < -0.4 is 11.3 Å². The topological polar surface area (TPSA) is 98.4 Å². The number of halogens is 1. The van der Waals surface area contributed by atoms with E-state index in [-0.39, 0.29) is 23.5 Å². The number of rotatable bonds is 4. The van der Waals surface area contributed by atoms with Crippen molar-refractivity contribution >= 4 is 17.4 Å². The van der Waals surface area contributed by atoms with Crippen LogP contribution in [0.3, 0.4) is 0 Å². The van der Waals surface area contributed by atoms with Gasteiger partial charge in [-0.1, -0.05) is 23.7 Å². The van der Waals surface area contributed by atoms with Crippen molar-refractivity contribution < 1.29 is 5.21 Å². The Bertz CT molecular complexity index is 748. The highest BCUT2D eigenvalue weighted by molar-refractivity contribution is 6.31. The second kappa shape index (κ2) is 6.01. The smallest absolute Gasteiger partial charge is 0.262 e. The van der Waals surface area contributed by atoms with Gasteiger partial charge in [0.05, 0.1) is 28.5 Å². The van der Waals surface area contributed by atoms with E-state index in [0.717, 1.165) is 11.4 Å². The van der Waals surface area contributed by atoms with Crippen LogP contribution >= 0.6 is 11.6 Å². The zero-order chi connectivity index (χ0) is 15.6. The van der Waals surface area contributed by atoms with Crippen molar-refractivity contribution in [2.75, 3.05) is 0 Å². The molecule has 112 valence electrons. The van der Waals surface area contributed by atoms with Crippen LogP contribution in [-0.4, -0.2) is 25.4 Å². The minimum absolute atomic E-state index is 0.133. The summed E-state index contributed by atoms with van der Waals surface area (Å²) in [5.41, 5.74) is 6.78. The molecular weight excluding hydrogens is 294 g/mol. The Balaban J connectivity index is 2.46. The van der Waals surface area contributed by atoms with E-state index < -0.39 is 0 Å². The van der Waals surface area contributed by atoms with Gasteiger partial charge in [0, 0.05) is 13.2 Å². The van der Waals surface area contributed by atoms with Gasteiger partial charge in [-0.05, 0) is 18.6 Å². The molecule has 0 aliphatic rings. The number of nitrogens with zero attached hydrogens (tertiary/aromatic N) is 4. The third kappa shape index (κ3) is 2.78. The molecule has 0 bridgehead atoms. The zero-order valence-electron chi connectivity index (χ0n) is 11.7. The maximum Gasteiger partial charge on any atom is 0.262 e. The highest BCUT2D eigenvalue weighted by atomic mass is 35.5. The zero-order valence-corrected chi connectivity index (χ0v) is 12.5. The lowest BCUT2D eigenvalue weighted by Gasteiger charge is -2.08. The first kappa shape index (κ1) is 15.1. The van der Waals surface area contributed by atoms with Gasteiger partial charge in [0.25, 0.3) is 5.56 Å². The minimum Gasteiger partial charge on any atom is -0.409 e. The third-order valence-corrected chi connectivity index (χ3v) is 3.66. The van der Waals surface area contributed by atoms with E-state index in [2.05, 4.69) is 10.3 Å². The standard InChI is InChI=1S/C13H16ClN5O2/c1-3-9-11(14)10(18(2)16-9)7-19-6-4-5-8(13(19)20)12(15)17-21/h4-6,21H,3,7H2,1-2H3,(H2,15,17). The second-order valence-electron chi connectivity index (χ2n) is 4.52. The van der Waals surface area contributed by atoms with E-state index in [9.17, 15) is 4.79 Å². The lowest BCUT2D eigenvalue weighted by Crippen LogP contribution is -2.30. The summed E-state index contributed by atoms with van der Waals surface area (Å²) in [6.45, 7) is 2.22. The number of hydrogen-bond acceptors (Lipinski definition) is 4. The van der Waals surface area contributed by atoms with Crippen molar-refractivity contribution in [2.24, 2.45) is 17.9 Å². The molecule has 0 fully saturated rings. The molecule has 0 spiro atoms. The van der Waals surface area contributed by atoms with Gasteiger partial charge in [-0.15, -0.1) is 0 Å². The molecule has 2 aromatic heterocycles. The van der Waals surface area contributed by atoms with Gasteiger partial charge in [0.2, 0.25) is 0 Å². The van der Waals surface area contributed by atoms with Gasteiger partial charge in [0.1, 0.15) is 0 Å². The lowest BCUT2D eigenvalue weighted by molar-refractivity contribution is 0.318. The third-order valence-electron chi connectivity index (χ3n) is 3.23. The largest absolute Gasteiger partial charge is 0.409 e. The number of aryl methyl sites for hydroxylation is 2. The van der Waals surface area contributed by atoms with E-state index in [1.54, 1.807) is 24.0 Å². The molecule has 8 heteroatoms. The molecule has 0 aromatic carbocycles. The molecule has 0 saturated carbocycles. The molecule has 0 unspecified atom stereocenters. The molecule has 0 aliphatic heterocycles. The molecule has 2 rings (SSSR count). The number of oxime groups is 1. The molecule has 0 aliphatic carbocycles. The maximum absolute atomic E-state index is 12.3. The average Bonchev–Trinajstić information content (AvgIpc) is 2.75. The molecule has 2 heterocycles. The number of pyridine rings is 1. The fraction of sp³-hybridized carbons (Fsp3) is 0.308. The Morgan fingerprint density at radius 1 is 1.57 bits per heavy atom. The number of nitrogens with two attached hydrogens (primary N) is 1. The van der Waals surface area contributed by atoms with Gasteiger partial charge < -0.3 is 15.5 Å². The van der Waals surface area contributed by atoms with Gasteiger partial charge >= 0.3 is 0 Å². The number of hydrogen-bond donors (Lipinski definition) is 2. The Morgan fingerprint density at radius 2 is 2.29 bits per heavy atom. The van der Waals surface area contributed by atoms with Crippen LogP contribution in [0, 0.1) is 0 Å². The quantitative estimate of drug-likeness (QED) is 0.380. The van der Waals surface area contributed by atoms with Crippen LogP contribution in [-0.2, 0) is 20.0 Å². The van der Waals surface area contributed by atoms with Crippen LogP contribution in [0.25, 0.3) is 0 Å². The molecular formula is C13H16ClN5O2.